The minimum Gasteiger partial charge on any atom is -0.497 e. The zero-order valence-corrected chi connectivity index (χ0v) is 14.8. The summed E-state index contributed by atoms with van der Waals surface area (Å²) in [6, 6.07) is 11.3. The molecule has 5 nitrogen and oxygen atoms in total. The Morgan fingerprint density at radius 2 is 1.73 bits per heavy atom. The molecule has 1 amide bonds. The smallest absolute Gasteiger partial charge is 0.387 e. The Bertz CT molecular complexity index is 735. The molecule has 0 fully saturated rings. The van der Waals surface area contributed by atoms with Crippen LogP contribution in [0.2, 0.25) is 0 Å². The summed E-state index contributed by atoms with van der Waals surface area (Å²) in [6.45, 7) is -1.02. The normalized spacial score (nSPS) is 11.8. The molecular formula is C19H21F2NO4. The van der Waals surface area contributed by atoms with Crippen LogP contribution in [0.25, 0.3) is 0 Å². The molecule has 1 atom stereocenters. The van der Waals surface area contributed by atoms with Crippen LogP contribution in [-0.4, -0.2) is 26.7 Å². The summed E-state index contributed by atoms with van der Waals surface area (Å²) in [4.78, 5) is 12.5. The van der Waals surface area contributed by atoms with Gasteiger partial charge in [-0.25, -0.2) is 0 Å². The Morgan fingerprint density at radius 3 is 2.27 bits per heavy atom. The zero-order chi connectivity index (χ0) is 19.1. The van der Waals surface area contributed by atoms with E-state index in [9.17, 15) is 13.6 Å². The fourth-order valence-corrected chi connectivity index (χ4v) is 2.50. The molecule has 7 heteroatoms. The van der Waals surface area contributed by atoms with Crippen molar-refractivity contribution < 1.29 is 27.8 Å². The highest BCUT2D eigenvalue weighted by molar-refractivity contribution is 5.95. The summed E-state index contributed by atoms with van der Waals surface area (Å²) >= 11 is 0. The molecule has 0 aliphatic carbocycles. The van der Waals surface area contributed by atoms with E-state index in [2.05, 4.69) is 10.1 Å². The van der Waals surface area contributed by atoms with Crippen LogP contribution in [0.3, 0.4) is 0 Å². The number of hydrogen-bond acceptors (Lipinski definition) is 4. The summed E-state index contributed by atoms with van der Waals surface area (Å²) in [6.07, 6.45) is 0.682. The lowest BCUT2D eigenvalue weighted by molar-refractivity contribution is -0.0512. The molecule has 0 spiro atoms. The van der Waals surface area contributed by atoms with Crippen molar-refractivity contribution in [2.24, 2.45) is 0 Å². The topological polar surface area (TPSA) is 56.8 Å². The predicted octanol–water partition coefficient (Wildman–Crippen LogP) is 4.19. The molecular weight excluding hydrogens is 344 g/mol. The maximum atomic E-state index is 12.5. The van der Waals surface area contributed by atoms with Crippen LogP contribution in [-0.2, 0) is 0 Å². The number of ether oxygens (including phenoxy) is 3. The summed E-state index contributed by atoms with van der Waals surface area (Å²) in [5.74, 6) is 0.334. The minimum atomic E-state index is -2.97. The van der Waals surface area contributed by atoms with Gasteiger partial charge in [0, 0.05) is 5.56 Å². The molecule has 2 aromatic rings. The number of rotatable bonds is 8. The average Bonchev–Trinajstić information content (AvgIpc) is 2.65. The molecule has 0 saturated carbocycles. The molecule has 0 saturated heterocycles. The molecule has 0 radical (unpaired) electrons. The highest BCUT2D eigenvalue weighted by atomic mass is 19.3. The second-order valence-electron chi connectivity index (χ2n) is 5.45. The lowest BCUT2D eigenvalue weighted by Gasteiger charge is -2.18. The van der Waals surface area contributed by atoms with Gasteiger partial charge in [-0.05, 0) is 42.3 Å². The Morgan fingerprint density at radius 1 is 1.04 bits per heavy atom. The Kier molecular flexibility index (Phi) is 6.77. The van der Waals surface area contributed by atoms with E-state index in [0.717, 1.165) is 11.3 Å². The molecule has 0 heterocycles. The highest BCUT2D eigenvalue weighted by Gasteiger charge is 2.17. The lowest BCUT2D eigenvalue weighted by Crippen LogP contribution is -2.28. The number of hydrogen-bond donors (Lipinski definition) is 1. The van der Waals surface area contributed by atoms with Gasteiger partial charge in [-0.3, -0.25) is 4.79 Å². The molecule has 0 aliphatic rings. The summed E-state index contributed by atoms with van der Waals surface area (Å²) in [7, 11) is 2.91. The van der Waals surface area contributed by atoms with E-state index < -0.39 is 6.61 Å². The SMILES string of the molecule is CCC(NC(=O)c1ccc(OC(F)F)c(OC)c1)c1ccc(OC)cc1. The van der Waals surface area contributed by atoms with Crippen molar-refractivity contribution in [2.75, 3.05) is 14.2 Å². The number of halogens is 2. The third kappa shape index (κ3) is 4.84. The van der Waals surface area contributed by atoms with E-state index in [1.807, 2.05) is 31.2 Å². The number of carbonyl (C=O) groups excluding carboxylic acids is 1. The molecule has 2 rings (SSSR count). The molecule has 1 unspecified atom stereocenters. The maximum absolute atomic E-state index is 12.5. The maximum Gasteiger partial charge on any atom is 0.387 e. The molecule has 0 aromatic heterocycles. The van der Waals surface area contributed by atoms with Gasteiger partial charge in [0.1, 0.15) is 5.75 Å². The van der Waals surface area contributed by atoms with E-state index >= 15 is 0 Å². The second-order valence-corrected chi connectivity index (χ2v) is 5.45. The monoisotopic (exact) mass is 365 g/mol. The summed E-state index contributed by atoms with van der Waals surface area (Å²) < 4.78 is 39.3. The number of alkyl halides is 2. The van der Waals surface area contributed by atoms with Gasteiger partial charge < -0.3 is 19.5 Å². The summed E-state index contributed by atoms with van der Waals surface area (Å²) in [5, 5.41) is 2.92. The van der Waals surface area contributed by atoms with Gasteiger partial charge in [0.05, 0.1) is 20.3 Å². The molecule has 0 bridgehead atoms. The van der Waals surface area contributed by atoms with Gasteiger partial charge in [-0.2, -0.15) is 8.78 Å². The molecule has 26 heavy (non-hydrogen) atoms. The van der Waals surface area contributed by atoms with E-state index in [1.54, 1.807) is 7.11 Å². The number of benzene rings is 2. The fourth-order valence-electron chi connectivity index (χ4n) is 2.50. The first-order valence-corrected chi connectivity index (χ1v) is 8.06. The van der Waals surface area contributed by atoms with Gasteiger partial charge in [-0.15, -0.1) is 0 Å². The van der Waals surface area contributed by atoms with E-state index in [1.165, 1.54) is 25.3 Å². The van der Waals surface area contributed by atoms with Gasteiger partial charge in [0.25, 0.3) is 5.91 Å². The van der Waals surface area contributed by atoms with Crippen molar-refractivity contribution in [1.82, 2.24) is 5.32 Å². The minimum absolute atomic E-state index is 0.0652. The quantitative estimate of drug-likeness (QED) is 0.762. The third-order valence-electron chi connectivity index (χ3n) is 3.87. The van der Waals surface area contributed by atoms with Crippen molar-refractivity contribution in [2.45, 2.75) is 26.0 Å². The summed E-state index contributed by atoms with van der Waals surface area (Å²) in [5.41, 5.74) is 1.22. The van der Waals surface area contributed by atoms with Crippen LogP contribution in [0.1, 0.15) is 35.3 Å². The van der Waals surface area contributed by atoms with E-state index in [0.29, 0.717) is 6.42 Å². The van der Waals surface area contributed by atoms with Gasteiger partial charge in [0.15, 0.2) is 11.5 Å². The first kappa shape index (κ1) is 19.5. The zero-order valence-electron chi connectivity index (χ0n) is 14.8. The Balaban J connectivity index is 2.16. The van der Waals surface area contributed by atoms with Crippen LogP contribution in [0, 0.1) is 0 Å². The van der Waals surface area contributed by atoms with Crippen LogP contribution in [0.4, 0.5) is 8.78 Å². The van der Waals surface area contributed by atoms with Crippen LogP contribution in [0.15, 0.2) is 42.5 Å². The fraction of sp³-hybridized carbons (Fsp3) is 0.316. The van der Waals surface area contributed by atoms with Crippen LogP contribution in [0.5, 0.6) is 17.2 Å². The number of carbonyl (C=O) groups is 1. The second kappa shape index (κ2) is 9.03. The van der Waals surface area contributed by atoms with Crippen molar-refractivity contribution in [3.8, 4) is 17.2 Å². The predicted molar refractivity (Wildman–Crippen MR) is 93.1 cm³/mol. The number of nitrogens with one attached hydrogen (secondary N) is 1. The van der Waals surface area contributed by atoms with E-state index in [4.69, 9.17) is 9.47 Å². The first-order chi connectivity index (χ1) is 12.5. The first-order valence-electron chi connectivity index (χ1n) is 8.06. The number of methoxy groups -OCH3 is 2. The highest BCUT2D eigenvalue weighted by Crippen LogP contribution is 2.30. The number of amides is 1. The van der Waals surface area contributed by atoms with Crippen molar-refractivity contribution in [3.05, 3.63) is 53.6 Å². The van der Waals surface area contributed by atoms with Gasteiger partial charge in [0.2, 0.25) is 0 Å². The third-order valence-corrected chi connectivity index (χ3v) is 3.87. The molecule has 2 aromatic carbocycles. The van der Waals surface area contributed by atoms with Crippen molar-refractivity contribution >= 4 is 5.91 Å². The lowest BCUT2D eigenvalue weighted by atomic mass is 10.0. The van der Waals surface area contributed by atoms with E-state index in [-0.39, 0.29) is 29.0 Å². The van der Waals surface area contributed by atoms with Crippen molar-refractivity contribution in [3.63, 3.8) is 0 Å². The van der Waals surface area contributed by atoms with Crippen molar-refractivity contribution in [1.29, 1.82) is 0 Å². The molecule has 1 N–H and O–H groups in total. The Hall–Kier alpha value is -2.83. The Labute approximate surface area is 150 Å². The van der Waals surface area contributed by atoms with Crippen LogP contribution >= 0.6 is 0 Å². The largest absolute Gasteiger partial charge is 0.497 e. The average molecular weight is 365 g/mol. The molecule has 0 aliphatic heterocycles. The van der Waals surface area contributed by atoms with Gasteiger partial charge >= 0.3 is 6.61 Å². The van der Waals surface area contributed by atoms with Gasteiger partial charge in [-0.1, -0.05) is 19.1 Å². The molecule has 140 valence electrons. The van der Waals surface area contributed by atoms with Crippen LogP contribution < -0.4 is 19.5 Å². The standard InChI is InChI=1S/C19H21F2NO4/c1-4-15(12-5-8-14(24-2)9-6-12)22-18(23)13-7-10-16(26-19(20)21)17(11-13)25-3/h5-11,15,19H,4H2,1-3H3,(H,22,23).